The van der Waals surface area contributed by atoms with Gasteiger partial charge in [0.25, 0.3) is 11.8 Å². The number of nitrogens with two attached hydrogens (primary N) is 1. The van der Waals surface area contributed by atoms with Gasteiger partial charge in [-0.05, 0) is 31.7 Å². The molecule has 2 aliphatic rings. The maximum Gasteiger partial charge on any atom is 0.269 e. The summed E-state index contributed by atoms with van der Waals surface area (Å²) in [6.07, 6.45) is 5.14. The van der Waals surface area contributed by atoms with Crippen LogP contribution in [0.4, 0.5) is 0 Å². The molecular formula is C15H20N4O3. The van der Waals surface area contributed by atoms with Crippen LogP contribution in [0.15, 0.2) is 17.9 Å². The van der Waals surface area contributed by atoms with Crippen LogP contribution < -0.4 is 5.73 Å². The number of amides is 2. The number of carbonyl (C=O) groups excluding carboxylic acids is 2. The number of primary amides is 1. The summed E-state index contributed by atoms with van der Waals surface area (Å²) < 4.78 is 5.26. The van der Waals surface area contributed by atoms with E-state index in [9.17, 15) is 9.59 Å². The van der Waals surface area contributed by atoms with E-state index in [1.807, 2.05) is 4.90 Å². The fourth-order valence-electron chi connectivity index (χ4n) is 3.01. The highest BCUT2D eigenvalue weighted by Gasteiger charge is 2.28. The van der Waals surface area contributed by atoms with Crippen molar-refractivity contribution in [2.45, 2.75) is 31.6 Å². The van der Waals surface area contributed by atoms with Crippen molar-refractivity contribution in [3.8, 4) is 0 Å². The highest BCUT2D eigenvalue weighted by molar-refractivity contribution is 5.93. The fourth-order valence-corrected chi connectivity index (χ4v) is 3.01. The van der Waals surface area contributed by atoms with Crippen molar-refractivity contribution >= 4 is 11.8 Å². The number of piperidine rings is 1. The lowest BCUT2D eigenvalue weighted by Crippen LogP contribution is -2.40. The second kappa shape index (κ2) is 6.21. The molecule has 7 nitrogen and oxygen atoms in total. The summed E-state index contributed by atoms with van der Waals surface area (Å²) in [7, 11) is 0. The first kappa shape index (κ1) is 14.6. The molecule has 0 saturated carbocycles. The van der Waals surface area contributed by atoms with Crippen molar-refractivity contribution in [2.75, 3.05) is 19.7 Å². The molecule has 2 aliphatic heterocycles. The zero-order valence-corrected chi connectivity index (χ0v) is 12.4. The number of rotatable bonds is 3. The Hall–Kier alpha value is -2.31. The van der Waals surface area contributed by atoms with Crippen molar-refractivity contribution in [1.29, 1.82) is 0 Å². The number of carbonyl (C=O) groups is 2. The van der Waals surface area contributed by atoms with Gasteiger partial charge in [-0.2, -0.15) is 5.10 Å². The molecule has 1 fully saturated rings. The Morgan fingerprint density at radius 1 is 1.41 bits per heavy atom. The number of ether oxygens (including phenoxy) is 1. The van der Waals surface area contributed by atoms with Gasteiger partial charge in [0, 0.05) is 24.7 Å². The van der Waals surface area contributed by atoms with Crippen LogP contribution in [0.1, 0.15) is 47.8 Å². The topological polar surface area (TPSA) is 101 Å². The summed E-state index contributed by atoms with van der Waals surface area (Å²) >= 11 is 0. The standard InChI is InChI=1S/C15H20N4O3/c16-14(20)13-7-12(17-18-13)10-3-1-5-19(8-10)15(21)11-4-2-6-22-9-11/h7,9-10H,1-6,8H2,(H2,16,20)(H,17,18). The highest BCUT2D eigenvalue weighted by Crippen LogP contribution is 2.27. The molecular weight excluding hydrogens is 284 g/mol. The Balaban J connectivity index is 1.69. The molecule has 1 unspecified atom stereocenters. The average Bonchev–Trinajstić information content (AvgIpc) is 3.05. The Labute approximate surface area is 128 Å². The number of hydrogen-bond acceptors (Lipinski definition) is 4. The van der Waals surface area contributed by atoms with E-state index in [4.69, 9.17) is 10.5 Å². The monoisotopic (exact) mass is 304 g/mol. The third kappa shape index (κ3) is 2.98. The summed E-state index contributed by atoms with van der Waals surface area (Å²) in [6, 6.07) is 1.68. The quantitative estimate of drug-likeness (QED) is 0.866. The van der Waals surface area contributed by atoms with Crippen molar-refractivity contribution in [3.63, 3.8) is 0 Å². The lowest BCUT2D eigenvalue weighted by Gasteiger charge is -2.33. The van der Waals surface area contributed by atoms with E-state index in [0.717, 1.165) is 43.5 Å². The minimum atomic E-state index is -0.546. The smallest absolute Gasteiger partial charge is 0.269 e. The molecule has 0 aliphatic carbocycles. The van der Waals surface area contributed by atoms with Gasteiger partial charge in [0.1, 0.15) is 5.69 Å². The van der Waals surface area contributed by atoms with Crippen LogP contribution in [0.2, 0.25) is 0 Å². The van der Waals surface area contributed by atoms with Gasteiger partial charge in [-0.3, -0.25) is 14.7 Å². The first-order valence-electron chi connectivity index (χ1n) is 7.60. The Morgan fingerprint density at radius 2 is 2.27 bits per heavy atom. The van der Waals surface area contributed by atoms with Crippen molar-refractivity contribution in [3.05, 3.63) is 29.3 Å². The number of aromatic amines is 1. The van der Waals surface area contributed by atoms with Crippen molar-refractivity contribution in [2.24, 2.45) is 5.73 Å². The predicted octanol–water partition coefficient (Wildman–Crippen LogP) is 0.909. The van der Waals surface area contributed by atoms with Crippen LogP contribution in [0.3, 0.4) is 0 Å². The summed E-state index contributed by atoms with van der Waals surface area (Å²) in [5, 5.41) is 6.78. The fraction of sp³-hybridized carbons (Fsp3) is 0.533. The van der Waals surface area contributed by atoms with Crippen LogP contribution >= 0.6 is 0 Å². The molecule has 0 aromatic carbocycles. The first-order valence-corrected chi connectivity index (χ1v) is 7.60. The number of aromatic nitrogens is 2. The molecule has 3 rings (SSSR count). The molecule has 1 atom stereocenters. The van der Waals surface area contributed by atoms with Crippen molar-refractivity contribution < 1.29 is 14.3 Å². The third-order valence-electron chi connectivity index (χ3n) is 4.21. The normalized spacial score (nSPS) is 21.9. The van der Waals surface area contributed by atoms with Gasteiger partial charge in [-0.15, -0.1) is 0 Å². The van der Waals surface area contributed by atoms with Gasteiger partial charge in [0.2, 0.25) is 0 Å². The van der Waals surface area contributed by atoms with E-state index in [0.29, 0.717) is 13.2 Å². The highest BCUT2D eigenvalue weighted by atomic mass is 16.5. The van der Waals surface area contributed by atoms with Gasteiger partial charge in [0.15, 0.2) is 0 Å². The van der Waals surface area contributed by atoms with Crippen LogP contribution in [0.25, 0.3) is 0 Å². The van der Waals surface area contributed by atoms with E-state index in [1.165, 1.54) is 0 Å². The third-order valence-corrected chi connectivity index (χ3v) is 4.21. The van der Waals surface area contributed by atoms with Crippen LogP contribution in [-0.2, 0) is 9.53 Å². The summed E-state index contributed by atoms with van der Waals surface area (Å²) in [4.78, 5) is 25.5. The lowest BCUT2D eigenvalue weighted by atomic mass is 9.94. The second-order valence-corrected chi connectivity index (χ2v) is 5.78. The molecule has 22 heavy (non-hydrogen) atoms. The predicted molar refractivity (Wildman–Crippen MR) is 78.9 cm³/mol. The maximum atomic E-state index is 12.5. The molecule has 3 N–H and O–H groups in total. The Morgan fingerprint density at radius 3 is 2.95 bits per heavy atom. The largest absolute Gasteiger partial charge is 0.501 e. The van der Waals surface area contributed by atoms with Gasteiger partial charge in [-0.1, -0.05) is 0 Å². The Bertz CT molecular complexity index is 608. The molecule has 0 radical (unpaired) electrons. The molecule has 0 spiro atoms. The van der Waals surface area contributed by atoms with E-state index < -0.39 is 5.91 Å². The lowest BCUT2D eigenvalue weighted by molar-refractivity contribution is -0.128. The van der Waals surface area contributed by atoms with Crippen LogP contribution in [0.5, 0.6) is 0 Å². The molecule has 0 bridgehead atoms. The van der Waals surface area contributed by atoms with E-state index in [2.05, 4.69) is 10.2 Å². The van der Waals surface area contributed by atoms with Gasteiger partial charge in [-0.25, -0.2) is 0 Å². The molecule has 1 aromatic heterocycles. The van der Waals surface area contributed by atoms with Crippen LogP contribution in [0, 0.1) is 0 Å². The van der Waals surface area contributed by atoms with Crippen molar-refractivity contribution in [1.82, 2.24) is 15.1 Å². The molecule has 1 saturated heterocycles. The number of nitrogens with one attached hydrogen (secondary N) is 1. The molecule has 118 valence electrons. The first-order chi connectivity index (χ1) is 10.6. The van der Waals surface area contributed by atoms with Gasteiger partial charge < -0.3 is 15.4 Å². The van der Waals surface area contributed by atoms with E-state index in [-0.39, 0.29) is 17.5 Å². The zero-order chi connectivity index (χ0) is 15.5. The summed E-state index contributed by atoms with van der Waals surface area (Å²) in [5.41, 5.74) is 7.07. The number of likely N-dealkylation sites (tertiary alicyclic amines) is 1. The minimum Gasteiger partial charge on any atom is -0.501 e. The average molecular weight is 304 g/mol. The van der Waals surface area contributed by atoms with Crippen LogP contribution in [-0.4, -0.2) is 46.6 Å². The zero-order valence-electron chi connectivity index (χ0n) is 12.4. The molecule has 2 amide bonds. The maximum absolute atomic E-state index is 12.5. The van der Waals surface area contributed by atoms with E-state index >= 15 is 0 Å². The van der Waals surface area contributed by atoms with Gasteiger partial charge >= 0.3 is 0 Å². The molecule has 3 heterocycles. The molecule has 1 aromatic rings. The number of H-pyrrole nitrogens is 1. The Kier molecular flexibility index (Phi) is 4.13. The second-order valence-electron chi connectivity index (χ2n) is 5.78. The summed E-state index contributed by atoms with van der Waals surface area (Å²) in [6.45, 7) is 2.06. The van der Waals surface area contributed by atoms with E-state index in [1.54, 1.807) is 12.3 Å². The summed E-state index contributed by atoms with van der Waals surface area (Å²) in [5.74, 6) is -0.335. The van der Waals surface area contributed by atoms with Gasteiger partial charge in [0.05, 0.1) is 18.4 Å². The SMILES string of the molecule is NC(=O)c1cc(C2CCCN(C(=O)C3=COCCC3)C2)[nH]n1. The number of hydrogen-bond donors (Lipinski definition) is 2. The molecule has 7 heteroatoms. The number of nitrogens with zero attached hydrogens (tertiary/aromatic N) is 2. The minimum absolute atomic E-state index is 0.0547.